The summed E-state index contributed by atoms with van der Waals surface area (Å²) in [6, 6.07) is 14.5. The van der Waals surface area contributed by atoms with Crippen LogP contribution in [0.25, 0.3) is 0 Å². The zero-order valence-electron chi connectivity index (χ0n) is 20.1. The van der Waals surface area contributed by atoms with Gasteiger partial charge < -0.3 is 19.3 Å². The Labute approximate surface area is 215 Å². The number of aryl methyl sites for hydroxylation is 1. The summed E-state index contributed by atoms with van der Waals surface area (Å²) in [5.41, 5.74) is 2.60. The summed E-state index contributed by atoms with van der Waals surface area (Å²) >= 11 is 7.63. The molecule has 0 saturated heterocycles. The molecule has 1 atom stereocenters. The van der Waals surface area contributed by atoms with E-state index < -0.39 is 0 Å². The Kier molecular flexibility index (Phi) is 7.98. The highest BCUT2D eigenvalue weighted by Gasteiger charge is 2.27. The van der Waals surface area contributed by atoms with Crippen LogP contribution in [0, 0.1) is 6.92 Å². The summed E-state index contributed by atoms with van der Waals surface area (Å²) in [5, 5.41) is 2.59. The maximum atomic E-state index is 13.7. The van der Waals surface area contributed by atoms with Gasteiger partial charge in [-0.05, 0) is 79.2 Å². The van der Waals surface area contributed by atoms with Crippen LogP contribution in [0.15, 0.2) is 53.9 Å². The third kappa shape index (κ3) is 5.97. The molecule has 0 bridgehead atoms. The smallest absolute Gasteiger partial charge is 0.254 e. The van der Waals surface area contributed by atoms with Crippen LogP contribution < -0.4 is 9.47 Å². The molecular weight excluding hydrogens is 484 g/mol. The summed E-state index contributed by atoms with van der Waals surface area (Å²) in [6.45, 7) is 7.09. The van der Waals surface area contributed by atoms with Crippen molar-refractivity contribution in [3.05, 3.63) is 80.5 Å². The van der Waals surface area contributed by atoms with Crippen molar-refractivity contribution in [1.82, 2.24) is 9.80 Å². The second-order valence-electron chi connectivity index (χ2n) is 8.66. The van der Waals surface area contributed by atoms with Gasteiger partial charge in [-0.25, -0.2) is 0 Å². The van der Waals surface area contributed by atoms with Crippen LogP contribution in [0.1, 0.15) is 46.6 Å². The molecule has 1 aliphatic rings. The largest absolute Gasteiger partial charge is 0.454 e. The number of nitrogens with zero attached hydrogens (tertiary/aromatic N) is 2. The molecule has 8 heteroatoms. The first-order valence-electron chi connectivity index (χ1n) is 11.6. The first kappa shape index (κ1) is 25.1. The number of hydrogen-bond acceptors (Lipinski definition) is 5. The number of halogens is 1. The molecule has 3 aromatic rings. The standard InChI is InChI=1S/C27H29ClN2O4S/c1-4-19(3)30(27(32)21-6-8-22(28)9-7-21)16-26(31)29(15-25-18(2)11-12-35-25)14-20-5-10-23-24(13-20)34-17-33-23/h5-13,19H,4,14-17H2,1-3H3/t19-/m1/s1. The average molecular weight is 513 g/mol. The quantitative estimate of drug-likeness (QED) is 0.357. The van der Waals surface area contributed by atoms with Crippen molar-refractivity contribution in [2.75, 3.05) is 13.3 Å². The second-order valence-corrected chi connectivity index (χ2v) is 10.1. The number of hydrogen-bond donors (Lipinski definition) is 0. The van der Waals surface area contributed by atoms with E-state index in [0.29, 0.717) is 35.2 Å². The van der Waals surface area contributed by atoms with Crippen molar-refractivity contribution >= 4 is 34.8 Å². The van der Waals surface area contributed by atoms with Crippen molar-refractivity contribution in [2.24, 2.45) is 0 Å². The van der Waals surface area contributed by atoms with E-state index in [1.54, 1.807) is 45.4 Å². The first-order valence-corrected chi connectivity index (χ1v) is 12.9. The number of ether oxygens (including phenoxy) is 2. The molecule has 6 nitrogen and oxygen atoms in total. The van der Waals surface area contributed by atoms with Crippen LogP contribution in [0.5, 0.6) is 11.5 Å². The number of carbonyl (C=O) groups excluding carboxylic acids is 2. The maximum absolute atomic E-state index is 13.7. The molecule has 2 heterocycles. The Morgan fingerprint density at radius 1 is 1.06 bits per heavy atom. The molecule has 1 aliphatic heterocycles. The highest BCUT2D eigenvalue weighted by Crippen LogP contribution is 2.33. The Hall–Kier alpha value is -3.03. The SMILES string of the molecule is CC[C@@H](C)N(CC(=O)N(Cc1ccc2c(c1)OCO2)Cc1sccc1C)C(=O)c1ccc(Cl)cc1. The zero-order chi connectivity index (χ0) is 24.9. The Balaban J connectivity index is 1.58. The molecular formula is C27H29ClN2O4S. The summed E-state index contributed by atoms with van der Waals surface area (Å²) < 4.78 is 10.9. The fourth-order valence-corrected chi connectivity index (χ4v) is 4.93. The molecule has 0 spiro atoms. The molecule has 0 unspecified atom stereocenters. The van der Waals surface area contributed by atoms with Gasteiger partial charge in [0.05, 0.1) is 6.54 Å². The molecule has 2 aromatic carbocycles. The first-order chi connectivity index (χ1) is 16.9. The van der Waals surface area contributed by atoms with Crippen LogP contribution in [0.4, 0.5) is 0 Å². The highest BCUT2D eigenvalue weighted by molar-refractivity contribution is 7.10. The molecule has 2 amide bonds. The lowest BCUT2D eigenvalue weighted by Crippen LogP contribution is -2.46. The van der Waals surface area contributed by atoms with Crippen molar-refractivity contribution in [3.63, 3.8) is 0 Å². The van der Waals surface area contributed by atoms with E-state index in [1.165, 1.54) is 0 Å². The van der Waals surface area contributed by atoms with Gasteiger partial charge in [-0.2, -0.15) is 0 Å². The van der Waals surface area contributed by atoms with E-state index in [2.05, 4.69) is 6.07 Å². The fourth-order valence-electron chi connectivity index (χ4n) is 3.88. The zero-order valence-corrected chi connectivity index (χ0v) is 21.7. The van der Waals surface area contributed by atoms with Crippen LogP contribution >= 0.6 is 22.9 Å². The third-order valence-electron chi connectivity index (χ3n) is 6.25. The van der Waals surface area contributed by atoms with Gasteiger partial charge in [0, 0.05) is 28.0 Å². The predicted molar refractivity (Wildman–Crippen MR) is 138 cm³/mol. The fraction of sp³-hybridized carbons (Fsp3) is 0.333. The summed E-state index contributed by atoms with van der Waals surface area (Å²) in [6.07, 6.45) is 0.735. The normalized spacial score (nSPS) is 12.9. The lowest BCUT2D eigenvalue weighted by atomic mass is 10.1. The molecule has 184 valence electrons. The molecule has 0 fully saturated rings. The molecule has 35 heavy (non-hydrogen) atoms. The maximum Gasteiger partial charge on any atom is 0.254 e. The minimum Gasteiger partial charge on any atom is -0.454 e. The van der Waals surface area contributed by atoms with Crippen LogP contribution in [0.3, 0.4) is 0 Å². The molecule has 0 N–H and O–H groups in total. The van der Waals surface area contributed by atoms with Gasteiger partial charge in [0.1, 0.15) is 6.54 Å². The van der Waals surface area contributed by atoms with Gasteiger partial charge in [-0.1, -0.05) is 24.6 Å². The molecule has 0 saturated carbocycles. The minimum absolute atomic E-state index is 0.00849. The van der Waals surface area contributed by atoms with Crippen LogP contribution in [0.2, 0.25) is 5.02 Å². The number of thiophene rings is 1. The Morgan fingerprint density at radius 2 is 1.80 bits per heavy atom. The topological polar surface area (TPSA) is 59.1 Å². The van der Waals surface area contributed by atoms with Gasteiger partial charge in [0.25, 0.3) is 5.91 Å². The molecule has 0 aliphatic carbocycles. The van der Waals surface area contributed by atoms with Crippen molar-refractivity contribution in [1.29, 1.82) is 0 Å². The predicted octanol–water partition coefficient (Wildman–Crippen LogP) is 5.91. The van der Waals surface area contributed by atoms with Gasteiger partial charge in [-0.15, -0.1) is 11.3 Å². The van der Waals surface area contributed by atoms with Gasteiger partial charge in [0.2, 0.25) is 12.7 Å². The van der Waals surface area contributed by atoms with E-state index in [1.807, 2.05) is 44.4 Å². The number of fused-ring (bicyclic) bond motifs is 1. The summed E-state index contributed by atoms with van der Waals surface area (Å²) in [4.78, 5) is 31.6. The lowest BCUT2D eigenvalue weighted by Gasteiger charge is -2.31. The third-order valence-corrected chi connectivity index (χ3v) is 7.51. The van der Waals surface area contributed by atoms with Crippen molar-refractivity contribution in [3.8, 4) is 11.5 Å². The number of benzene rings is 2. The Morgan fingerprint density at radius 3 is 2.49 bits per heavy atom. The van der Waals surface area contributed by atoms with Gasteiger partial charge in [-0.3, -0.25) is 9.59 Å². The van der Waals surface area contributed by atoms with E-state index in [0.717, 1.165) is 22.4 Å². The molecule has 0 radical (unpaired) electrons. The second kappa shape index (κ2) is 11.1. The van der Waals surface area contributed by atoms with Crippen LogP contribution in [-0.2, 0) is 17.9 Å². The Bertz CT molecular complexity index is 1190. The average Bonchev–Trinajstić information content (AvgIpc) is 3.49. The van der Waals surface area contributed by atoms with E-state index in [4.69, 9.17) is 21.1 Å². The summed E-state index contributed by atoms with van der Waals surface area (Å²) in [7, 11) is 0. The molecule has 1 aromatic heterocycles. The van der Waals surface area contributed by atoms with E-state index in [9.17, 15) is 9.59 Å². The lowest BCUT2D eigenvalue weighted by molar-refractivity contribution is -0.133. The number of rotatable bonds is 9. The summed E-state index contributed by atoms with van der Waals surface area (Å²) in [5.74, 6) is 1.09. The van der Waals surface area contributed by atoms with E-state index >= 15 is 0 Å². The highest BCUT2D eigenvalue weighted by atomic mass is 35.5. The van der Waals surface area contributed by atoms with Gasteiger partial charge >= 0.3 is 0 Å². The van der Waals surface area contributed by atoms with Gasteiger partial charge in [0.15, 0.2) is 11.5 Å². The molecule has 4 rings (SSSR count). The monoisotopic (exact) mass is 512 g/mol. The minimum atomic E-state index is -0.181. The number of carbonyl (C=O) groups is 2. The van der Waals surface area contributed by atoms with Crippen molar-refractivity contribution in [2.45, 2.75) is 46.3 Å². The van der Waals surface area contributed by atoms with Crippen LogP contribution in [-0.4, -0.2) is 41.0 Å². The van der Waals surface area contributed by atoms with Crippen molar-refractivity contribution < 1.29 is 19.1 Å². The number of amides is 2. The van der Waals surface area contributed by atoms with E-state index in [-0.39, 0.29) is 31.2 Å².